The van der Waals surface area contributed by atoms with Gasteiger partial charge in [0.05, 0.1) is 0 Å². The first-order valence-corrected chi connectivity index (χ1v) is 8.11. The molecule has 2 aliphatic rings. The Balaban J connectivity index is 1.64. The molecule has 0 radical (unpaired) electrons. The van der Waals surface area contributed by atoms with Crippen molar-refractivity contribution in [3.63, 3.8) is 0 Å². The van der Waals surface area contributed by atoms with Gasteiger partial charge in [-0.25, -0.2) is 0 Å². The Kier molecular flexibility index (Phi) is 3.93. The first kappa shape index (κ1) is 13.2. The zero-order valence-corrected chi connectivity index (χ0v) is 12.1. The molecular weight excluding hydrogens is 230 g/mol. The first-order valence-electron chi connectivity index (χ1n) is 8.11. The van der Waals surface area contributed by atoms with Crippen molar-refractivity contribution in [2.75, 3.05) is 0 Å². The number of rotatable bonds is 4. The van der Waals surface area contributed by atoms with Gasteiger partial charge < -0.3 is 5.73 Å². The van der Waals surface area contributed by atoms with Crippen molar-refractivity contribution in [1.29, 1.82) is 0 Å². The molecule has 0 spiro atoms. The van der Waals surface area contributed by atoms with Gasteiger partial charge in [0.25, 0.3) is 0 Å². The van der Waals surface area contributed by atoms with Crippen LogP contribution in [0.1, 0.15) is 56.9 Å². The molecule has 1 aromatic rings. The van der Waals surface area contributed by atoms with E-state index in [9.17, 15) is 0 Å². The highest BCUT2D eigenvalue weighted by Gasteiger charge is 2.46. The van der Waals surface area contributed by atoms with Gasteiger partial charge in [-0.3, -0.25) is 0 Å². The number of benzene rings is 1. The quantitative estimate of drug-likeness (QED) is 0.853. The highest BCUT2D eigenvalue weighted by molar-refractivity contribution is 5.26. The molecule has 0 bridgehead atoms. The van der Waals surface area contributed by atoms with Crippen molar-refractivity contribution < 1.29 is 0 Å². The lowest BCUT2D eigenvalue weighted by Crippen LogP contribution is -2.38. The smallest absolute Gasteiger partial charge is 0.0104 e. The van der Waals surface area contributed by atoms with Crippen LogP contribution < -0.4 is 5.73 Å². The first-order chi connectivity index (χ1) is 9.31. The highest BCUT2D eigenvalue weighted by Crippen LogP contribution is 2.52. The van der Waals surface area contributed by atoms with Gasteiger partial charge in [0.1, 0.15) is 0 Å². The Hall–Kier alpha value is -0.820. The summed E-state index contributed by atoms with van der Waals surface area (Å²) in [5, 5.41) is 0. The highest BCUT2D eigenvalue weighted by atomic mass is 14.7. The molecule has 0 saturated heterocycles. The fraction of sp³-hybridized carbons (Fsp3) is 0.667. The van der Waals surface area contributed by atoms with Crippen molar-refractivity contribution in [3.8, 4) is 0 Å². The third-order valence-corrected chi connectivity index (χ3v) is 5.55. The van der Waals surface area contributed by atoms with Gasteiger partial charge in [-0.2, -0.15) is 0 Å². The van der Waals surface area contributed by atoms with E-state index in [1.807, 2.05) is 0 Å². The second kappa shape index (κ2) is 5.66. The summed E-state index contributed by atoms with van der Waals surface area (Å²) in [7, 11) is 0. The maximum Gasteiger partial charge on any atom is 0.0104 e. The Morgan fingerprint density at radius 2 is 1.84 bits per heavy atom. The lowest BCUT2D eigenvalue weighted by molar-refractivity contribution is 0.183. The van der Waals surface area contributed by atoms with E-state index in [0.717, 1.165) is 23.7 Å². The van der Waals surface area contributed by atoms with E-state index in [-0.39, 0.29) is 0 Å². The molecule has 5 atom stereocenters. The normalized spacial score (nSPS) is 35.9. The molecular formula is C18H27N. The van der Waals surface area contributed by atoms with Crippen LogP contribution in [-0.2, 0) is 0 Å². The van der Waals surface area contributed by atoms with Crippen LogP contribution in [0.15, 0.2) is 30.3 Å². The van der Waals surface area contributed by atoms with Crippen molar-refractivity contribution >= 4 is 0 Å². The van der Waals surface area contributed by atoms with E-state index in [0.29, 0.717) is 6.04 Å². The maximum atomic E-state index is 6.65. The number of hydrogen-bond acceptors (Lipinski definition) is 1. The second-order valence-corrected chi connectivity index (χ2v) is 6.61. The fourth-order valence-electron chi connectivity index (χ4n) is 4.29. The summed E-state index contributed by atoms with van der Waals surface area (Å²) < 4.78 is 0. The molecule has 19 heavy (non-hydrogen) atoms. The predicted octanol–water partition coefficient (Wildman–Crippen LogP) is 4.33. The average Bonchev–Trinajstić information content (AvgIpc) is 3.28. The summed E-state index contributed by atoms with van der Waals surface area (Å²) in [6.45, 7) is 2.34. The second-order valence-electron chi connectivity index (χ2n) is 6.61. The summed E-state index contributed by atoms with van der Waals surface area (Å²) in [6.07, 6.45) is 8.25. The topological polar surface area (TPSA) is 26.0 Å². The lowest BCUT2D eigenvalue weighted by atomic mass is 9.73. The van der Waals surface area contributed by atoms with Gasteiger partial charge >= 0.3 is 0 Å². The Morgan fingerprint density at radius 1 is 1.11 bits per heavy atom. The van der Waals surface area contributed by atoms with Crippen molar-refractivity contribution in [1.82, 2.24) is 0 Å². The van der Waals surface area contributed by atoms with Crippen LogP contribution >= 0.6 is 0 Å². The molecule has 2 fully saturated rings. The molecule has 1 nitrogen and oxygen atoms in total. The molecule has 2 saturated carbocycles. The Morgan fingerprint density at radius 3 is 2.58 bits per heavy atom. The van der Waals surface area contributed by atoms with Gasteiger partial charge in [-0.1, -0.05) is 62.9 Å². The Labute approximate surface area is 117 Å². The average molecular weight is 257 g/mol. The van der Waals surface area contributed by atoms with Crippen LogP contribution in [0.2, 0.25) is 0 Å². The third-order valence-electron chi connectivity index (χ3n) is 5.55. The minimum atomic E-state index is 0.440. The monoisotopic (exact) mass is 257 g/mol. The van der Waals surface area contributed by atoms with Crippen molar-refractivity contribution in [2.45, 2.75) is 57.4 Å². The molecule has 0 aliphatic heterocycles. The minimum Gasteiger partial charge on any atom is -0.327 e. The molecule has 0 heterocycles. The zero-order chi connectivity index (χ0) is 13.2. The van der Waals surface area contributed by atoms with E-state index in [4.69, 9.17) is 5.73 Å². The van der Waals surface area contributed by atoms with Crippen molar-refractivity contribution in [2.24, 2.45) is 23.5 Å². The molecule has 2 aliphatic carbocycles. The molecule has 2 N–H and O–H groups in total. The molecule has 5 unspecified atom stereocenters. The standard InChI is InChI=1S/C18H27N/c1-2-13-8-6-7-11-15(13)18(19)17-12-16(17)14-9-4-3-5-10-14/h3-5,9-10,13,15-18H,2,6-8,11-12,19H2,1H3. The number of hydrogen-bond donors (Lipinski definition) is 1. The van der Waals surface area contributed by atoms with E-state index in [1.165, 1.54) is 44.1 Å². The largest absolute Gasteiger partial charge is 0.327 e. The van der Waals surface area contributed by atoms with E-state index in [1.54, 1.807) is 0 Å². The molecule has 1 aromatic carbocycles. The van der Waals surface area contributed by atoms with Gasteiger partial charge in [0.2, 0.25) is 0 Å². The fourth-order valence-corrected chi connectivity index (χ4v) is 4.29. The summed E-state index contributed by atoms with van der Waals surface area (Å²) in [5.74, 6) is 3.17. The third kappa shape index (κ3) is 2.72. The lowest BCUT2D eigenvalue weighted by Gasteiger charge is -2.35. The van der Waals surface area contributed by atoms with Crippen molar-refractivity contribution in [3.05, 3.63) is 35.9 Å². The molecule has 1 heteroatoms. The molecule has 0 aromatic heterocycles. The summed E-state index contributed by atoms with van der Waals surface area (Å²) in [4.78, 5) is 0. The van der Waals surface area contributed by atoms with Crippen LogP contribution in [0.5, 0.6) is 0 Å². The van der Waals surface area contributed by atoms with E-state index in [2.05, 4.69) is 37.3 Å². The predicted molar refractivity (Wildman–Crippen MR) is 81.0 cm³/mol. The summed E-state index contributed by atoms with van der Waals surface area (Å²) >= 11 is 0. The molecule has 3 rings (SSSR count). The SMILES string of the molecule is CCC1CCCCC1C(N)C1CC1c1ccccc1. The van der Waals surface area contributed by atoms with Gasteiger partial charge in [0.15, 0.2) is 0 Å². The zero-order valence-electron chi connectivity index (χ0n) is 12.1. The molecule has 0 amide bonds. The van der Waals surface area contributed by atoms with Crippen LogP contribution in [0.3, 0.4) is 0 Å². The Bertz CT molecular complexity index is 399. The van der Waals surface area contributed by atoms with E-state index >= 15 is 0 Å². The van der Waals surface area contributed by atoms with Gasteiger partial charge in [0, 0.05) is 6.04 Å². The summed E-state index contributed by atoms with van der Waals surface area (Å²) in [6, 6.07) is 11.4. The number of nitrogens with two attached hydrogens (primary N) is 1. The van der Waals surface area contributed by atoms with Crippen LogP contribution in [0.25, 0.3) is 0 Å². The van der Waals surface area contributed by atoms with Crippen LogP contribution in [-0.4, -0.2) is 6.04 Å². The van der Waals surface area contributed by atoms with E-state index < -0.39 is 0 Å². The molecule has 104 valence electrons. The van der Waals surface area contributed by atoms with Crippen LogP contribution in [0.4, 0.5) is 0 Å². The maximum absolute atomic E-state index is 6.65. The minimum absolute atomic E-state index is 0.440. The van der Waals surface area contributed by atoms with Crippen LogP contribution in [0, 0.1) is 17.8 Å². The summed E-state index contributed by atoms with van der Waals surface area (Å²) in [5.41, 5.74) is 8.15. The van der Waals surface area contributed by atoms with Gasteiger partial charge in [-0.15, -0.1) is 0 Å². The van der Waals surface area contributed by atoms with Gasteiger partial charge in [-0.05, 0) is 42.1 Å².